The number of rotatable bonds is 3. The minimum Gasteiger partial charge on any atom is -0.501 e. The van der Waals surface area contributed by atoms with Gasteiger partial charge in [0.05, 0.1) is 5.58 Å². The summed E-state index contributed by atoms with van der Waals surface area (Å²) < 4.78 is 7.84. The second-order valence-electron chi connectivity index (χ2n) is 14.9. The van der Waals surface area contributed by atoms with E-state index in [-0.39, 0.29) is 25.5 Å². The van der Waals surface area contributed by atoms with E-state index in [4.69, 9.17) is 9.40 Å². The van der Waals surface area contributed by atoms with Gasteiger partial charge in [0.2, 0.25) is 0 Å². The van der Waals surface area contributed by atoms with Crippen molar-refractivity contribution in [3.8, 4) is 33.6 Å². The molecule has 8 aromatic rings. The molecule has 0 aliphatic carbocycles. The van der Waals surface area contributed by atoms with Crippen LogP contribution in [0.1, 0.15) is 64.6 Å². The molecule has 1 radical (unpaired) electrons. The number of aryl methyl sites for hydroxylation is 7. The number of pyridine rings is 2. The molecule has 0 amide bonds. The van der Waals surface area contributed by atoms with Crippen molar-refractivity contribution < 1.29 is 24.5 Å². The molecule has 0 unspecified atom stereocenters. The maximum Gasteiger partial charge on any atom is 0.121 e. The van der Waals surface area contributed by atoms with Gasteiger partial charge in [0, 0.05) is 52.8 Å². The summed E-state index contributed by atoms with van der Waals surface area (Å²) in [5.41, 5.74) is 17.0. The fourth-order valence-electron chi connectivity index (χ4n) is 6.95. The van der Waals surface area contributed by atoms with E-state index >= 15 is 0 Å². The summed E-state index contributed by atoms with van der Waals surface area (Å²) in [6, 6.07) is 32.1. The van der Waals surface area contributed by atoms with Crippen LogP contribution in [0.5, 0.6) is 0 Å². The van der Waals surface area contributed by atoms with Crippen LogP contribution >= 0.6 is 11.3 Å². The number of fused-ring (bicyclic) bond motifs is 5. The maximum atomic E-state index is 6.53. The second-order valence-corrected chi connectivity index (χ2v) is 16.1. The Morgan fingerprint density at radius 3 is 2.12 bits per heavy atom. The number of nitrogens with zero attached hydrogens (tertiary/aromatic N) is 2. The molecule has 0 aliphatic heterocycles. The largest absolute Gasteiger partial charge is 0.501 e. The zero-order valence-corrected chi connectivity index (χ0v) is 34.8. The Hall–Kier alpha value is -4.41. The molecule has 52 heavy (non-hydrogen) atoms. The molecule has 4 aromatic heterocycles. The van der Waals surface area contributed by atoms with E-state index < -0.39 is 0 Å². The van der Waals surface area contributed by atoms with Gasteiger partial charge >= 0.3 is 0 Å². The van der Waals surface area contributed by atoms with Crippen molar-refractivity contribution in [3.05, 3.63) is 141 Å². The van der Waals surface area contributed by atoms with Crippen LogP contribution in [0.15, 0.2) is 89.6 Å². The third-order valence-corrected chi connectivity index (χ3v) is 11.2. The van der Waals surface area contributed by atoms with Gasteiger partial charge in [-0.1, -0.05) is 74.5 Å². The molecular weight excluding hydrogens is 833 g/mol. The average Bonchev–Trinajstić information content (AvgIpc) is 3.62. The Labute approximate surface area is 325 Å². The summed E-state index contributed by atoms with van der Waals surface area (Å²) in [7, 11) is 0. The molecule has 0 saturated heterocycles. The van der Waals surface area contributed by atoms with E-state index in [2.05, 4.69) is 153 Å². The molecule has 0 bridgehead atoms. The third kappa shape index (κ3) is 6.90. The zero-order chi connectivity index (χ0) is 36.2. The first-order valence-corrected chi connectivity index (χ1v) is 18.4. The first-order valence-electron chi connectivity index (χ1n) is 17.6. The molecular formula is C47H44IrN2OS-2. The molecule has 0 saturated carbocycles. The number of benzene rings is 4. The predicted molar refractivity (Wildman–Crippen MR) is 217 cm³/mol. The first kappa shape index (κ1) is 37.3. The summed E-state index contributed by atoms with van der Waals surface area (Å²) in [4.78, 5) is 10.7. The Kier molecular flexibility index (Phi) is 10.4. The van der Waals surface area contributed by atoms with E-state index in [1.807, 2.05) is 29.7 Å². The van der Waals surface area contributed by atoms with Gasteiger partial charge in [-0.15, -0.1) is 64.9 Å². The van der Waals surface area contributed by atoms with Crippen LogP contribution < -0.4 is 0 Å². The fourth-order valence-corrected chi connectivity index (χ4v) is 8.03. The van der Waals surface area contributed by atoms with Gasteiger partial charge in [-0.3, -0.25) is 0 Å². The topological polar surface area (TPSA) is 38.9 Å². The third-order valence-electron chi connectivity index (χ3n) is 10.1. The molecule has 0 spiro atoms. The summed E-state index contributed by atoms with van der Waals surface area (Å²) in [5, 5.41) is 3.62. The molecule has 0 N–H and O–H groups in total. The molecule has 5 heteroatoms. The number of aromatic nitrogens is 2. The van der Waals surface area contributed by atoms with Crippen LogP contribution in [0.3, 0.4) is 0 Å². The number of hydrogen-bond donors (Lipinski definition) is 0. The van der Waals surface area contributed by atoms with Crippen molar-refractivity contribution >= 4 is 43.4 Å². The molecule has 8 rings (SSSR count). The van der Waals surface area contributed by atoms with Gasteiger partial charge in [-0.25, -0.2) is 0 Å². The van der Waals surface area contributed by atoms with Crippen LogP contribution in [-0.2, 0) is 25.5 Å². The smallest absolute Gasteiger partial charge is 0.121 e. The van der Waals surface area contributed by atoms with E-state index in [0.29, 0.717) is 0 Å². The van der Waals surface area contributed by atoms with Crippen molar-refractivity contribution in [2.45, 2.75) is 74.7 Å². The minimum atomic E-state index is -0.0371. The van der Waals surface area contributed by atoms with Gasteiger partial charge in [0.1, 0.15) is 5.58 Å². The van der Waals surface area contributed by atoms with Gasteiger partial charge in [-0.05, 0) is 109 Å². The standard InChI is InChI=1S/C33H30NOS.C14H14N.Ir/c1-18-10-8-11-19(2)29(18)24-16-26(34-17-25(24)33(5,6)7)22-12-9-13-23-31-27(35-32(22)23)14-15-28-30(31)20(3)21(4)36-28;1-10-4-6-13(7-5-10)14-8-11(2)12(3)9-15-14;/h8-11,13-17H,1-7H3;4-6,8-9H,1-3H3;/q2*-1;. The van der Waals surface area contributed by atoms with Crippen molar-refractivity contribution in [3.63, 3.8) is 0 Å². The molecule has 0 aliphatic rings. The number of hydrogen-bond acceptors (Lipinski definition) is 4. The Balaban J connectivity index is 0.000000244. The van der Waals surface area contributed by atoms with Crippen LogP contribution in [0.4, 0.5) is 0 Å². The number of thiophene rings is 1. The molecule has 0 fully saturated rings. The van der Waals surface area contributed by atoms with Gasteiger partial charge in [0.25, 0.3) is 0 Å². The maximum absolute atomic E-state index is 6.53. The molecule has 3 nitrogen and oxygen atoms in total. The van der Waals surface area contributed by atoms with Crippen LogP contribution in [0.2, 0.25) is 0 Å². The molecule has 0 atom stereocenters. The number of furan rings is 1. The Morgan fingerprint density at radius 2 is 1.44 bits per heavy atom. The van der Waals surface area contributed by atoms with Crippen molar-refractivity contribution in [1.82, 2.24) is 9.97 Å². The van der Waals surface area contributed by atoms with Crippen LogP contribution in [-0.4, -0.2) is 9.97 Å². The molecule has 4 aromatic carbocycles. The molecule has 265 valence electrons. The van der Waals surface area contributed by atoms with Crippen LogP contribution in [0, 0.1) is 60.6 Å². The molecule has 4 heterocycles. The summed E-state index contributed by atoms with van der Waals surface area (Å²) in [6.07, 6.45) is 3.97. The Morgan fingerprint density at radius 1 is 0.712 bits per heavy atom. The first-order chi connectivity index (χ1) is 24.3. The van der Waals surface area contributed by atoms with E-state index in [1.165, 1.54) is 70.4 Å². The van der Waals surface area contributed by atoms with Crippen molar-refractivity contribution in [2.24, 2.45) is 0 Å². The SMILES string of the molecule is Cc1c[c-]c(-c2cc(C)c(C)cn2)cc1.Cc1cccc(C)c1-c1cc(-c2[c-]ccc3c2oc2ccc4sc(C)c(C)c4c23)ncc1C(C)(C)C.[Ir]. The summed E-state index contributed by atoms with van der Waals surface area (Å²) in [6.45, 7) is 21.8. The summed E-state index contributed by atoms with van der Waals surface area (Å²) in [5.74, 6) is 0. The average molecular weight is 877 g/mol. The fraction of sp³-hybridized carbons (Fsp3) is 0.234. The van der Waals surface area contributed by atoms with E-state index in [0.717, 1.165) is 39.1 Å². The predicted octanol–water partition coefficient (Wildman–Crippen LogP) is 13.3. The zero-order valence-electron chi connectivity index (χ0n) is 31.6. The van der Waals surface area contributed by atoms with Gasteiger partial charge < -0.3 is 14.4 Å². The Bertz CT molecular complexity index is 2560. The van der Waals surface area contributed by atoms with E-state index in [1.54, 1.807) is 0 Å². The summed E-state index contributed by atoms with van der Waals surface area (Å²) >= 11 is 1.85. The quantitative estimate of drug-likeness (QED) is 0.166. The minimum absolute atomic E-state index is 0. The van der Waals surface area contributed by atoms with E-state index in [9.17, 15) is 0 Å². The van der Waals surface area contributed by atoms with Gasteiger partial charge in [-0.2, -0.15) is 0 Å². The monoisotopic (exact) mass is 877 g/mol. The van der Waals surface area contributed by atoms with Gasteiger partial charge in [0.15, 0.2) is 0 Å². The van der Waals surface area contributed by atoms with Crippen molar-refractivity contribution in [2.75, 3.05) is 0 Å². The normalized spacial score (nSPS) is 11.5. The van der Waals surface area contributed by atoms with Crippen LogP contribution in [0.25, 0.3) is 65.7 Å². The second kappa shape index (κ2) is 14.5. The van der Waals surface area contributed by atoms with Crippen molar-refractivity contribution in [1.29, 1.82) is 0 Å².